The Hall–Kier alpha value is -2.61. The quantitative estimate of drug-likeness (QED) is 0.504. The highest BCUT2D eigenvalue weighted by Gasteiger charge is 2.41. The molecule has 0 aromatic heterocycles. The maximum Gasteiger partial charge on any atom is 0.366 e. The Bertz CT molecular complexity index is 675. The molecule has 0 fully saturated rings. The summed E-state index contributed by atoms with van der Waals surface area (Å²) in [5.74, 6) is 5.25. The summed E-state index contributed by atoms with van der Waals surface area (Å²) in [4.78, 5) is 17.6. The maximum absolute atomic E-state index is 12.6. The molecule has 2 aromatic carbocycles. The molecular formula is C20H21NO3. The van der Waals surface area contributed by atoms with Crippen molar-refractivity contribution in [3.8, 4) is 11.8 Å². The summed E-state index contributed by atoms with van der Waals surface area (Å²) in [6, 6.07) is 17.4. The number of benzene rings is 2. The fourth-order valence-electron chi connectivity index (χ4n) is 2.23. The Morgan fingerprint density at radius 3 is 2.04 bits per heavy atom. The van der Waals surface area contributed by atoms with Crippen LogP contribution in [0.5, 0.6) is 0 Å². The molecule has 2 N–H and O–H groups in total. The third kappa shape index (κ3) is 4.23. The first-order valence-corrected chi connectivity index (χ1v) is 7.81. The second-order valence-corrected chi connectivity index (χ2v) is 5.63. The molecule has 0 radical (unpaired) electrons. The van der Waals surface area contributed by atoms with Gasteiger partial charge in [-0.25, -0.2) is 4.79 Å². The van der Waals surface area contributed by atoms with Gasteiger partial charge in [0.1, 0.15) is 0 Å². The first kappa shape index (κ1) is 17.7. The number of rotatable bonds is 5. The summed E-state index contributed by atoms with van der Waals surface area (Å²) in [6.45, 7) is 4.15. The van der Waals surface area contributed by atoms with Crippen molar-refractivity contribution in [1.82, 2.24) is 5.48 Å². The molecule has 4 nitrogen and oxygen atoms in total. The largest absolute Gasteiger partial charge is 0.370 e. The fraction of sp³-hybridized carbons (Fsp3) is 0.250. The zero-order chi connectivity index (χ0) is 17.4. The molecule has 0 spiro atoms. The zero-order valence-electron chi connectivity index (χ0n) is 13.8. The smallest absolute Gasteiger partial charge is 0.366 e. The van der Waals surface area contributed by atoms with Crippen LogP contribution in [-0.4, -0.2) is 17.6 Å². The van der Waals surface area contributed by atoms with Crippen LogP contribution < -0.4 is 5.48 Å². The van der Waals surface area contributed by atoms with Crippen LogP contribution in [0.4, 0.5) is 0 Å². The van der Waals surface area contributed by atoms with Crippen LogP contribution in [0.3, 0.4) is 0 Å². The van der Waals surface area contributed by atoms with Crippen molar-refractivity contribution in [3.63, 3.8) is 0 Å². The van der Waals surface area contributed by atoms with Crippen molar-refractivity contribution < 1.29 is 14.7 Å². The van der Waals surface area contributed by atoms with Crippen LogP contribution in [0.2, 0.25) is 0 Å². The average molecular weight is 323 g/mol. The lowest BCUT2D eigenvalue weighted by Crippen LogP contribution is -2.41. The minimum atomic E-state index is -1.89. The van der Waals surface area contributed by atoms with E-state index in [-0.39, 0.29) is 12.5 Å². The molecule has 2 aromatic rings. The first-order chi connectivity index (χ1) is 11.5. The van der Waals surface area contributed by atoms with Gasteiger partial charge in [-0.15, -0.1) is 5.48 Å². The molecule has 0 saturated heterocycles. The minimum Gasteiger partial charge on any atom is -0.370 e. The summed E-state index contributed by atoms with van der Waals surface area (Å²) < 4.78 is 0. The SMILES string of the molecule is CC(C)C#CCNOC(=O)C(O)(c1ccccc1)c1ccccc1. The van der Waals surface area contributed by atoms with Crippen molar-refractivity contribution in [1.29, 1.82) is 0 Å². The number of hydroxylamine groups is 1. The normalized spacial score (nSPS) is 10.8. The Kier molecular flexibility index (Phi) is 6.14. The summed E-state index contributed by atoms with van der Waals surface area (Å²) >= 11 is 0. The van der Waals surface area contributed by atoms with E-state index in [0.29, 0.717) is 11.1 Å². The number of carbonyl (C=O) groups excluding carboxylic acids is 1. The molecule has 24 heavy (non-hydrogen) atoms. The van der Waals surface area contributed by atoms with Gasteiger partial charge in [-0.2, -0.15) is 0 Å². The summed E-state index contributed by atoms with van der Waals surface area (Å²) in [5, 5.41) is 11.1. The summed E-state index contributed by atoms with van der Waals surface area (Å²) in [6.07, 6.45) is 0. The van der Waals surface area contributed by atoms with Crippen molar-refractivity contribution >= 4 is 5.97 Å². The van der Waals surface area contributed by atoms with Gasteiger partial charge in [-0.05, 0) is 11.1 Å². The van der Waals surface area contributed by atoms with Crippen LogP contribution in [0, 0.1) is 17.8 Å². The van der Waals surface area contributed by atoms with Crippen molar-refractivity contribution in [2.75, 3.05) is 6.54 Å². The monoisotopic (exact) mass is 323 g/mol. The molecule has 124 valence electrons. The van der Waals surface area contributed by atoms with E-state index in [0.717, 1.165) is 0 Å². The highest BCUT2D eigenvalue weighted by atomic mass is 16.7. The summed E-state index contributed by atoms with van der Waals surface area (Å²) in [5.41, 5.74) is 1.50. The van der Waals surface area contributed by atoms with Crippen LogP contribution >= 0.6 is 0 Å². The molecule has 2 rings (SSSR count). The van der Waals surface area contributed by atoms with E-state index in [4.69, 9.17) is 4.84 Å². The van der Waals surface area contributed by atoms with Gasteiger partial charge in [0.05, 0.1) is 6.54 Å². The van der Waals surface area contributed by atoms with Gasteiger partial charge in [0.2, 0.25) is 5.60 Å². The topological polar surface area (TPSA) is 58.6 Å². The standard InChI is InChI=1S/C20H21NO3/c1-16(2)10-9-15-21-24-19(22)20(23,17-11-5-3-6-12-17)18-13-7-4-8-14-18/h3-8,11-14,16,21,23H,15H2,1-2H3. The van der Waals surface area contributed by atoms with Crippen molar-refractivity contribution in [2.24, 2.45) is 5.92 Å². The Labute approximate surface area is 142 Å². The predicted molar refractivity (Wildman–Crippen MR) is 92.6 cm³/mol. The van der Waals surface area contributed by atoms with Gasteiger partial charge < -0.3 is 9.94 Å². The van der Waals surface area contributed by atoms with E-state index in [1.807, 2.05) is 26.0 Å². The molecule has 0 amide bonds. The molecule has 0 unspecified atom stereocenters. The zero-order valence-corrected chi connectivity index (χ0v) is 13.8. The Morgan fingerprint density at radius 2 is 1.58 bits per heavy atom. The van der Waals surface area contributed by atoms with Gasteiger partial charge >= 0.3 is 5.97 Å². The lowest BCUT2D eigenvalue weighted by atomic mass is 9.86. The second kappa shape index (κ2) is 8.30. The molecule has 0 atom stereocenters. The minimum absolute atomic E-state index is 0.198. The number of aliphatic hydroxyl groups is 1. The van der Waals surface area contributed by atoms with E-state index < -0.39 is 11.6 Å². The number of hydrogen-bond donors (Lipinski definition) is 2. The van der Waals surface area contributed by atoms with Crippen LogP contribution in [0.1, 0.15) is 25.0 Å². The molecule has 0 heterocycles. The molecule has 0 aliphatic rings. The van der Waals surface area contributed by atoms with E-state index in [1.54, 1.807) is 48.5 Å². The van der Waals surface area contributed by atoms with Crippen LogP contribution in [0.25, 0.3) is 0 Å². The first-order valence-electron chi connectivity index (χ1n) is 7.81. The van der Waals surface area contributed by atoms with E-state index in [1.165, 1.54) is 0 Å². The number of hydrogen-bond acceptors (Lipinski definition) is 4. The van der Waals surface area contributed by atoms with E-state index in [9.17, 15) is 9.90 Å². The van der Waals surface area contributed by atoms with Gasteiger partial charge in [0.15, 0.2) is 0 Å². The molecule has 0 aliphatic carbocycles. The van der Waals surface area contributed by atoms with Gasteiger partial charge in [0, 0.05) is 5.92 Å². The maximum atomic E-state index is 12.6. The summed E-state index contributed by atoms with van der Waals surface area (Å²) in [7, 11) is 0. The predicted octanol–water partition coefficient (Wildman–Crippen LogP) is 2.63. The van der Waals surface area contributed by atoms with Crippen molar-refractivity contribution in [3.05, 3.63) is 71.8 Å². The number of carbonyl (C=O) groups is 1. The lowest BCUT2D eigenvalue weighted by molar-refractivity contribution is -0.169. The van der Waals surface area contributed by atoms with E-state index >= 15 is 0 Å². The number of nitrogens with one attached hydrogen (secondary N) is 1. The van der Waals surface area contributed by atoms with Gasteiger partial charge in [0.25, 0.3) is 0 Å². The molecular weight excluding hydrogens is 302 g/mol. The van der Waals surface area contributed by atoms with Gasteiger partial charge in [-0.3, -0.25) is 0 Å². The molecule has 0 aliphatic heterocycles. The molecule has 0 saturated carbocycles. The van der Waals surface area contributed by atoms with E-state index in [2.05, 4.69) is 17.3 Å². The second-order valence-electron chi connectivity index (χ2n) is 5.63. The molecule has 4 heteroatoms. The highest BCUT2D eigenvalue weighted by Crippen LogP contribution is 2.30. The molecule has 0 bridgehead atoms. The third-order valence-corrected chi connectivity index (χ3v) is 3.39. The Morgan fingerprint density at radius 1 is 1.08 bits per heavy atom. The average Bonchev–Trinajstić information content (AvgIpc) is 2.61. The highest BCUT2D eigenvalue weighted by molar-refractivity contribution is 5.85. The van der Waals surface area contributed by atoms with Crippen molar-refractivity contribution in [2.45, 2.75) is 19.4 Å². The van der Waals surface area contributed by atoms with Crippen LogP contribution in [0.15, 0.2) is 60.7 Å². The van der Waals surface area contributed by atoms with Gasteiger partial charge in [-0.1, -0.05) is 86.4 Å². The lowest BCUT2D eigenvalue weighted by Gasteiger charge is -2.26. The third-order valence-electron chi connectivity index (χ3n) is 3.39. The fourth-order valence-corrected chi connectivity index (χ4v) is 2.23. The Balaban J connectivity index is 2.21. The van der Waals surface area contributed by atoms with Crippen LogP contribution in [-0.2, 0) is 15.2 Å².